The van der Waals surface area contributed by atoms with E-state index in [9.17, 15) is 8.42 Å². The summed E-state index contributed by atoms with van der Waals surface area (Å²) in [6.45, 7) is 4.63. The molecular formula is C12H22N4O3S. The van der Waals surface area contributed by atoms with Crippen LogP contribution in [0.25, 0.3) is 0 Å². The van der Waals surface area contributed by atoms with Crippen molar-refractivity contribution in [1.29, 1.82) is 0 Å². The number of rotatable bonds is 5. The van der Waals surface area contributed by atoms with Gasteiger partial charge in [0.25, 0.3) is 0 Å². The number of aromatic nitrogens is 2. The van der Waals surface area contributed by atoms with Crippen LogP contribution in [0.2, 0.25) is 0 Å². The molecule has 114 valence electrons. The topological polar surface area (TPSA) is 87.3 Å². The highest BCUT2D eigenvalue weighted by atomic mass is 32.2. The lowest BCUT2D eigenvalue weighted by Gasteiger charge is -2.26. The van der Waals surface area contributed by atoms with Gasteiger partial charge in [0, 0.05) is 20.2 Å². The summed E-state index contributed by atoms with van der Waals surface area (Å²) >= 11 is 0. The van der Waals surface area contributed by atoms with E-state index in [0.717, 1.165) is 6.42 Å². The second kappa shape index (κ2) is 5.80. The van der Waals surface area contributed by atoms with Crippen molar-refractivity contribution >= 4 is 10.0 Å². The molecule has 0 radical (unpaired) electrons. The maximum atomic E-state index is 12.8. The first-order valence-electron chi connectivity index (χ1n) is 6.67. The van der Waals surface area contributed by atoms with Crippen molar-refractivity contribution in [3.8, 4) is 0 Å². The minimum atomic E-state index is -3.58. The molecule has 1 saturated heterocycles. The molecule has 0 bridgehead atoms. The number of sulfonamides is 1. The zero-order valence-electron chi connectivity index (χ0n) is 12.3. The normalized spacial score (nSPS) is 23.6. The maximum Gasteiger partial charge on any atom is 0.246 e. The fourth-order valence-electron chi connectivity index (χ4n) is 2.62. The maximum absolute atomic E-state index is 12.8. The monoisotopic (exact) mass is 302 g/mol. The summed E-state index contributed by atoms with van der Waals surface area (Å²) in [4.78, 5) is 0.272. The molecule has 1 aromatic heterocycles. The average molecular weight is 302 g/mol. The Morgan fingerprint density at radius 3 is 2.80 bits per heavy atom. The Bertz CT molecular complexity index is 569. The molecule has 1 aliphatic heterocycles. The number of aromatic amines is 1. The van der Waals surface area contributed by atoms with E-state index in [2.05, 4.69) is 15.5 Å². The van der Waals surface area contributed by atoms with Crippen molar-refractivity contribution < 1.29 is 13.2 Å². The lowest BCUT2D eigenvalue weighted by Crippen LogP contribution is -2.41. The molecule has 2 rings (SSSR count). The second-order valence-corrected chi connectivity index (χ2v) is 7.04. The van der Waals surface area contributed by atoms with Gasteiger partial charge in [-0.15, -0.1) is 0 Å². The molecule has 2 unspecified atom stereocenters. The van der Waals surface area contributed by atoms with Crippen LogP contribution in [0.5, 0.6) is 0 Å². The van der Waals surface area contributed by atoms with Crippen LogP contribution >= 0.6 is 0 Å². The Hall–Kier alpha value is -0.960. The predicted molar refractivity (Wildman–Crippen MR) is 74.9 cm³/mol. The molecule has 0 aliphatic carbocycles. The van der Waals surface area contributed by atoms with Gasteiger partial charge in [0.05, 0.1) is 23.5 Å². The zero-order chi connectivity index (χ0) is 14.9. The van der Waals surface area contributed by atoms with E-state index in [0.29, 0.717) is 24.5 Å². The predicted octanol–water partition coefficient (Wildman–Crippen LogP) is 0.235. The molecule has 1 fully saturated rings. The van der Waals surface area contributed by atoms with Crippen LogP contribution in [0.4, 0.5) is 0 Å². The fraction of sp³-hybridized carbons (Fsp3) is 0.750. The fourth-order valence-corrected chi connectivity index (χ4v) is 4.39. The minimum Gasteiger partial charge on any atom is -0.377 e. The third-order valence-corrected chi connectivity index (χ3v) is 5.83. The van der Waals surface area contributed by atoms with E-state index < -0.39 is 10.0 Å². The molecule has 0 amide bonds. The Morgan fingerprint density at radius 1 is 1.55 bits per heavy atom. The molecule has 1 aromatic rings. The molecular weight excluding hydrogens is 280 g/mol. The van der Waals surface area contributed by atoms with Crippen LogP contribution in [0.1, 0.15) is 24.7 Å². The van der Waals surface area contributed by atoms with Crippen LogP contribution < -0.4 is 5.32 Å². The highest BCUT2D eigenvalue weighted by Crippen LogP contribution is 2.27. The minimum absolute atomic E-state index is 0.0882. The van der Waals surface area contributed by atoms with Gasteiger partial charge in [0.2, 0.25) is 10.0 Å². The van der Waals surface area contributed by atoms with Gasteiger partial charge < -0.3 is 10.1 Å². The Kier molecular flexibility index (Phi) is 4.48. The number of hydrogen-bond acceptors (Lipinski definition) is 5. The number of likely N-dealkylation sites (N-methyl/N-ethyl adjacent to an activating group) is 1. The van der Waals surface area contributed by atoms with Crippen molar-refractivity contribution in [2.24, 2.45) is 0 Å². The van der Waals surface area contributed by atoms with Crippen molar-refractivity contribution in [3.05, 3.63) is 11.4 Å². The Morgan fingerprint density at radius 2 is 2.25 bits per heavy atom. The standard InChI is InChI=1S/C12H22N4O3S/c1-8-12(10(7-13-3)15-14-8)20(17,18)16(4)11-5-6-19-9(11)2/h9,11,13H,5-7H2,1-4H3,(H,14,15). The second-order valence-electron chi connectivity index (χ2n) is 5.11. The van der Waals surface area contributed by atoms with Crippen LogP contribution in [0.15, 0.2) is 4.90 Å². The largest absolute Gasteiger partial charge is 0.377 e. The van der Waals surface area contributed by atoms with Crippen molar-refractivity contribution in [3.63, 3.8) is 0 Å². The van der Waals surface area contributed by atoms with Crippen LogP contribution in [0, 0.1) is 6.92 Å². The van der Waals surface area contributed by atoms with Gasteiger partial charge in [0.15, 0.2) is 0 Å². The summed E-state index contributed by atoms with van der Waals surface area (Å²) in [5.41, 5.74) is 1.08. The highest BCUT2D eigenvalue weighted by molar-refractivity contribution is 7.89. The van der Waals surface area contributed by atoms with Gasteiger partial charge in [-0.3, -0.25) is 5.10 Å². The van der Waals surface area contributed by atoms with Crippen molar-refractivity contribution in [2.45, 2.75) is 43.9 Å². The molecule has 2 N–H and O–H groups in total. The molecule has 0 spiro atoms. The van der Waals surface area contributed by atoms with Gasteiger partial charge in [0.1, 0.15) is 4.90 Å². The highest BCUT2D eigenvalue weighted by Gasteiger charge is 2.37. The average Bonchev–Trinajstić information content (AvgIpc) is 2.95. The summed E-state index contributed by atoms with van der Waals surface area (Å²) in [7, 11) is -0.203. The van der Waals surface area contributed by atoms with Crippen LogP contribution in [-0.2, 0) is 21.3 Å². The lowest BCUT2D eigenvalue weighted by atomic mass is 10.2. The van der Waals surface area contributed by atoms with Gasteiger partial charge in [-0.05, 0) is 27.3 Å². The first-order valence-corrected chi connectivity index (χ1v) is 8.11. The molecule has 2 heterocycles. The van der Waals surface area contributed by atoms with Gasteiger partial charge >= 0.3 is 0 Å². The summed E-state index contributed by atoms with van der Waals surface area (Å²) in [6, 6.07) is -0.128. The molecule has 0 aromatic carbocycles. The van der Waals surface area contributed by atoms with E-state index in [1.54, 1.807) is 21.0 Å². The SMILES string of the molecule is CNCc1n[nH]c(C)c1S(=O)(=O)N(C)C1CCOC1C. The summed E-state index contributed by atoms with van der Waals surface area (Å²) < 4.78 is 32.5. The molecule has 0 saturated carbocycles. The van der Waals surface area contributed by atoms with Gasteiger partial charge in [-0.2, -0.15) is 9.40 Å². The number of H-pyrrole nitrogens is 1. The summed E-state index contributed by atoms with van der Waals surface area (Å²) in [5.74, 6) is 0. The molecule has 20 heavy (non-hydrogen) atoms. The van der Waals surface area contributed by atoms with E-state index in [4.69, 9.17) is 4.74 Å². The zero-order valence-corrected chi connectivity index (χ0v) is 13.1. The van der Waals surface area contributed by atoms with Crippen molar-refractivity contribution in [2.75, 3.05) is 20.7 Å². The van der Waals surface area contributed by atoms with Crippen LogP contribution in [0.3, 0.4) is 0 Å². The molecule has 1 aliphatic rings. The first kappa shape index (κ1) is 15.4. The smallest absolute Gasteiger partial charge is 0.246 e. The number of aryl methyl sites for hydroxylation is 1. The number of nitrogens with one attached hydrogen (secondary N) is 2. The van der Waals surface area contributed by atoms with E-state index in [1.807, 2.05) is 6.92 Å². The van der Waals surface area contributed by atoms with E-state index in [1.165, 1.54) is 4.31 Å². The third-order valence-electron chi connectivity index (χ3n) is 3.75. The Labute approximate surface area is 119 Å². The van der Waals surface area contributed by atoms with Gasteiger partial charge in [-0.25, -0.2) is 8.42 Å². The Balaban J connectivity index is 2.37. The molecule has 7 nitrogen and oxygen atoms in total. The van der Waals surface area contributed by atoms with E-state index >= 15 is 0 Å². The molecule has 8 heteroatoms. The van der Waals surface area contributed by atoms with E-state index in [-0.39, 0.29) is 17.0 Å². The first-order chi connectivity index (χ1) is 9.39. The molecule has 2 atom stereocenters. The quantitative estimate of drug-likeness (QED) is 0.813. The summed E-state index contributed by atoms with van der Waals surface area (Å²) in [6.07, 6.45) is 0.629. The number of ether oxygens (including phenoxy) is 1. The third kappa shape index (κ3) is 2.60. The number of nitrogens with zero attached hydrogens (tertiary/aromatic N) is 2. The lowest BCUT2D eigenvalue weighted by molar-refractivity contribution is 0.102. The summed E-state index contributed by atoms with van der Waals surface area (Å²) in [5, 5.41) is 9.77. The van der Waals surface area contributed by atoms with Crippen molar-refractivity contribution in [1.82, 2.24) is 19.8 Å². The van der Waals surface area contributed by atoms with Gasteiger partial charge in [-0.1, -0.05) is 0 Å². The number of hydrogen-bond donors (Lipinski definition) is 2. The van der Waals surface area contributed by atoms with Crippen LogP contribution in [-0.4, -0.2) is 55.8 Å².